The van der Waals surface area contributed by atoms with Crippen LogP contribution in [-0.2, 0) is 11.0 Å². The van der Waals surface area contributed by atoms with E-state index >= 15 is 0 Å². The van der Waals surface area contributed by atoms with Gasteiger partial charge in [0.15, 0.2) is 0 Å². The van der Waals surface area contributed by atoms with Gasteiger partial charge >= 0.3 is 6.18 Å². The molecule has 1 amide bonds. The molecule has 1 aromatic carbocycles. The predicted molar refractivity (Wildman–Crippen MR) is 77.1 cm³/mol. The zero-order valence-corrected chi connectivity index (χ0v) is 12.3. The Bertz CT molecular complexity index is 460. The Morgan fingerprint density at radius 2 is 1.95 bits per heavy atom. The van der Waals surface area contributed by atoms with Crippen LogP contribution in [0.25, 0.3) is 0 Å². The van der Waals surface area contributed by atoms with Gasteiger partial charge in [-0.2, -0.15) is 13.2 Å². The van der Waals surface area contributed by atoms with Gasteiger partial charge in [0, 0.05) is 32.2 Å². The van der Waals surface area contributed by atoms with Crippen LogP contribution in [0.1, 0.15) is 31.7 Å². The largest absolute Gasteiger partial charge is 0.418 e. The Labute approximate surface area is 123 Å². The normalized spacial score (nSPS) is 11.3. The zero-order valence-electron chi connectivity index (χ0n) is 12.3. The van der Waals surface area contributed by atoms with E-state index in [4.69, 9.17) is 0 Å². The molecule has 0 bridgehead atoms. The maximum Gasteiger partial charge on any atom is 0.418 e. The van der Waals surface area contributed by atoms with Crippen LogP contribution < -0.4 is 5.32 Å². The lowest BCUT2D eigenvalue weighted by molar-refractivity contribution is -0.137. The van der Waals surface area contributed by atoms with E-state index in [-0.39, 0.29) is 24.6 Å². The van der Waals surface area contributed by atoms with Crippen LogP contribution in [0.2, 0.25) is 0 Å². The van der Waals surface area contributed by atoms with E-state index in [1.54, 1.807) is 11.9 Å². The van der Waals surface area contributed by atoms with E-state index in [0.29, 0.717) is 6.54 Å². The minimum atomic E-state index is -4.40. The molecule has 0 aromatic heterocycles. The molecule has 0 saturated carbocycles. The van der Waals surface area contributed by atoms with E-state index in [1.165, 1.54) is 18.2 Å². The van der Waals surface area contributed by atoms with E-state index in [2.05, 4.69) is 5.32 Å². The molecule has 0 radical (unpaired) electrons. The van der Waals surface area contributed by atoms with Gasteiger partial charge in [0.25, 0.3) is 0 Å². The Morgan fingerprint density at radius 1 is 1.29 bits per heavy atom. The molecule has 0 aliphatic carbocycles. The van der Waals surface area contributed by atoms with Crippen molar-refractivity contribution in [1.82, 2.24) is 4.90 Å². The molecule has 6 heteroatoms. The average molecular weight is 302 g/mol. The average Bonchev–Trinajstić information content (AvgIpc) is 2.44. The van der Waals surface area contributed by atoms with Crippen molar-refractivity contribution in [3.05, 3.63) is 29.8 Å². The summed E-state index contributed by atoms with van der Waals surface area (Å²) in [5.74, 6) is -0.0690. The Hall–Kier alpha value is -1.72. The number of alkyl halides is 3. The Morgan fingerprint density at radius 3 is 2.57 bits per heavy atom. The molecule has 3 nitrogen and oxygen atoms in total. The number of amides is 1. The summed E-state index contributed by atoms with van der Waals surface area (Å²) in [4.78, 5) is 13.4. The highest BCUT2D eigenvalue weighted by Gasteiger charge is 2.33. The number of nitrogens with zero attached hydrogens (tertiary/aromatic N) is 1. The van der Waals surface area contributed by atoms with Crippen molar-refractivity contribution >= 4 is 11.6 Å². The maximum atomic E-state index is 12.8. The minimum Gasteiger partial charge on any atom is -0.384 e. The topological polar surface area (TPSA) is 32.3 Å². The molecule has 21 heavy (non-hydrogen) atoms. The Kier molecular flexibility index (Phi) is 6.52. The summed E-state index contributed by atoms with van der Waals surface area (Å²) in [7, 11) is 1.71. The van der Waals surface area contributed by atoms with Crippen LogP contribution in [0.5, 0.6) is 0 Å². The number of anilines is 1. The molecule has 1 aromatic rings. The van der Waals surface area contributed by atoms with Crippen LogP contribution in [0.15, 0.2) is 24.3 Å². The number of halogens is 3. The number of nitrogens with one attached hydrogen (secondary N) is 1. The van der Waals surface area contributed by atoms with Crippen molar-refractivity contribution in [3.8, 4) is 0 Å². The van der Waals surface area contributed by atoms with E-state index in [9.17, 15) is 18.0 Å². The van der Waals surface area contributed by atoms with Gasteiger partial charge < -0.3 is 10.2 Å². The third kappa shape index (κ3) is 5.65. The second kappa shape index (κ2) is 7.90. The number of hydrogen-bond donors (Lipinski definition) is 1. The first kappa shape index (κ1) is 17.3. The van der Waals surface area contributed by atoms with Gasteiger partial charge in [0.05, 0.1) is 5.56 Å². The lowest BCUT2D eigenvalue weighted by Crippen LogP contribution is -2.29. The van der Waals surface area contributed by atoms with Crippen molar-refractivity contribution in [2.24, 2.45) is 0 Å². The number of carbonyl (C=O) groups excluding carboxylic acids is 1. The van der Waals surface area contributed by atoms with Gasteiger partial charge in [0.2, 0.25) is 5.91 Å². The fourth-order valence-corrected chi connectivity index (χ4v) is 1.90. The molecule has 1 N–H and O–H groups in total. The highest BCUT2D eigenvalue weighted by atomic mass is 19.4. The lowest BCUT2D eigenvalue weighted by Gasteiger charge is -2.18. The summed E-state index contributed by atoms with van der Waals surface area (Å²) in [5, 5.41) is 2.69. The standard InChI is InChI=1S/C15H21F3N2O/c1-3-4-11-20(2)14(21)9-10-19-13-8-6-5-7-12(13)15(16,17)18/h5-8,19H,3-4,9-11H2,1-2H3. The minimum absolute atomic E-state index is 0.00834. The molecule has 0 spiro atoms. The molecule has 0 fully saturated rings. The van der Waals surface area contributed by atoms with Crippen molar-refractivity contribution < 1.29 is 18.0 Å². The molecule has 0 heterocycles. The summed E-state index contributed by atoms with van der Waals surface area (Å²) in [6.45, 7) is 2.89. The van der Waals surface area contributed by atoms with Gasteiger partial charge in [-0.3, -0.25) is 4.79 Å². The molecule has 118 valence electrons. The first-order valence-electron chi connectivity index (χ1n) is 7.00. The van der Waals surface area contributed by atoms with Crippen molar-refractivity contribution in [2.75, 3.05) is 25.5 Å². The van der Waals surface area contributed by atoms with Gasteiger partial charge in [-0.05, 0) is 18.6 Å². The first-order valence-corrected chi connectivity index (χ1v) is 7.00. The number of rotatable bonds is 7. The van der Waals surface area contributed by atoms with Crippen molar-refractivity contribution in [2.45, 2.75) is 32.4 Å². The molecule has 0 aliphatic rings. The SMILES string of the molecule is CCCCN(C)C(=O)CCNc1ccccc1C(F)(F)F. The highest BCUT2D eigenvalue weighted by Crippen LogP contribution is 2.34. The molecule has 0 unspecified atom stereocenters. The highest BCUT2D eigenvalue weighted by molar-refractivity contribution is 5.76. The number of unbranched alkanes of at least 4 members (excludes halogenated alkanes) is 1. The number of para-hydroxylation sites is 1. The predicted octanol–water partition coefficient (Wildman–Crippen LogP) is 3.77. The summed E-state index contributed by atoms with van der Waals surface area (Å²) >= 11 is 0. The fraction of sp³-hybridized carbons (Fsp3) is 0.533. The van der Waals surface area contributed by atoms with Crippen LogP contribution in [0.4, 0.5) is 18.9 Å². The molecule has 1 rings (SSSR count). The molecular formula is C15H21F3N2O. The van der Waals surface area contributed by atoms with Gasteiger partial charge in [-0.25, -0.2) is 0 Å². The molecular weight excluding hydrogens is 281 g/mol. The van der Waals surface area contributed by atoms with Crippen molar-refractivity contribution in [1.29, 1.82) is 0 Å². The molecule has 0 aliphatic heterocycles. The monoisotopic (exact) mass is 302 g/mol. The zero-order chi connectivity index (χ0) is 15.9. The molecule has 0 saturated heterocycles. The summed E-state index contributed by atoms with van der Waals surface area (Å²) in [5.41, 5.74) is -0.703. The number of hydrogen-bond acceptors (Lipinski definition) is 2. The quantitative estimate of drug-likeness (QED) is 0.831. The second-order valence-electron chi connectivity index (χ2n) is 4.89. The van der Waals surface area contributed by atoms with Crippen molar-refractivity contribution in [3.63, 3.8) is 0 Å². The third-order valence-corrected chi connectivity index (χ3v) is 3.16. The van der Waals surface area contributed by atoms with Crippen LogP contribution in [0.3, 0.4) is 0 Å². The van der Waals surface area contributed by atoms with E-state index < -0.39 is 11.7 Å². The number of carbonyl (C=O) groups is 1. The second-order valence-corrected chi connectivity index (χ2v) is 4.89. The maximum absolute atomic E-state index is 12.8. The summed E-state index contributed by atoms with van der Waals surface area (Å²) in [6, 6.07) is 5.27. The lowest BCUT2D eigenvalue weighted by atomic mass is 10.1. The third-order valence-electron chi connectivity index (χ3n) is 3.16. The van der Waals surface area contributed by atoms with Crippen LogP contribution >= 0.6 is 0 Å². The van der Waals surface area contributed by atoms with Gasteiger partial charge in [0.1, 0.15) is 0 Å². The fourth-order valence-electron chi connectivity index (χ4n) is 1.90. The van der Waals surface area contributed by atoms with Crippen LogP contribution in [-0.4, -0.2) is 30.9 Å². The summed E-state index contributed by atoms with van der Waals surface area (Å²) in [6.07, 6.45) is -2.31. The molecule has 0 atom stereocenters. The van der Waals surface area contributed by atoms with E-state index in [1.807, 2.05) is 6.92 Å². The van der Waals surface area contributed by atoms with Gasteiger partial charge in [-0.1, -0.05) is 25.5 Å². The van der Waals surface area contributed by atoms with Crippen LogP contribution in [0, 0.1) is 0 Å². The summed E-state index contributed by atoms with van der Waals surface area (Å²) < 4.78 is 38.4. The van der Waals surface area contributed by atoms with Gasteiger partial charge in [-0.15, -0.1) is 0 Å². The van der Waals surface area contributed by atoms with E-state index in [0.717, 1.165) is 18.9 Å². The first-order chi connectivity index (χ1) is 9.86. The Balaban J connectivity index is 2.52. The number of benzene rings is 1. The smallest absolute Gasteiger partial charge is 0.384 e.